The van der Waals surface area contributed by atoms with Crippen molar-refractivity contribution in [2.75, 3.05) is 4.90 Å². The van der Waals surface area contributed by atoms with Crippen molar-refractivity contribution in [1.82, 2.24) is 4.57 Å². The Morgan fingerprint density at radius 1 is 0.786 bits per heavy atom. The minimum Gasteiger partial charge on any atom is -0.316 e. The van der Waals surface area contributed by atoms with E-state index in [1.807, 2.05) is 53.4 Å². The Labute approximate surface area is 167 Å². The molecule has 3 heterocycles. The Balaban J connectivity index is 1.60. The molecule has 2 aliphatic heterocycles. The summed E-state index contributed by atoms with van der Waals surface area (Å²) in [6.07, 6.45) is 2.07. The highest BCUT2D eigenvalue weighted by molar-refractivity contribution is 6.30. The van der Waals surface area contributed by atoms with Crippen LogP contribution in [0.15, 0.2) is 85.1 Å². The molecule has 6 rings (SSSR count). The molecule has 0 N–H and O–H groups in total. The summed E-state index contributed by atoms with van der Waals surface area (Å²) in [6, 6.07) is 26.1. The monoisotopic (exact) mass is 382 g/mol. The summed E-state index contributed by atoms with van der Waals surface area (Å²) < 4.78 is 2.19. The van der Waals surface area contributed by atoms with Gasteiger partial charge in [0.2, 0.25) is 0 Å². The smallest absolute Gasteiger partial charge is 0.259 e. The van der Waals surface area contributed by atoms with E-state index in [1.54, 1.807) is 0 Å². The molecular formula is C24H15ClN2O. The van der Waals surface area contributed by atoms with Crippen molar-refractivity contribution < 1.29 is 4.79 Å². The summed E-state index contributed by atoms with van der Waals surface area (Å²) in [5.74, 6) is 0.0579. The average Bonchev–Trinajstić information content (AvgIpc) is 3.32. The van der Waals surface area contributed by atoms with Crippen LogP contribution < -0.4 is 4.90 Å². The van der Waals surface area contributed by atoms with Gasteiger partial charge in [0.1, 0.15) is 6.04 Å². The number of hydrogen-bond donors (Lipinski definition) is 0. The van der Waals surface area contributed by atoms with Gasteiger partial charge in [-0.3, -0.25) is 9.69 Å². The lowest BCUT2D eigenvalue weighted by Gasteiger charge is -2.34. The molecule has 4 heteroatoms. The largest absolute Gasteiger partial charge is 0.316 e. The molecule has 4 aromatic rings. The first-order chi connectivity index (χ1) is 13.7. The van der Waals surface area contributed by atoms with Crippen molar-refractivity contribution in [2.45, 2.75) is 6.04 Å². The molecule has 0 bridgehead atoms. The normalized spacial score (nSPS) is 16.4. The standard InChI is InChI=1S/C24H15ClN2O/c25-17-10-7-15(8-11-17)16-9-12-20-22(14-16)27-23(21-6-3-13-26(20)21)18-4-1-2-5-19(18)24(27)28/h1-14,23H. The fourth-order valence-electron chi connectivity index (χ4n) is 4.43. The number of fused-ring (bicyclic) bond motifs is 8. The van der Waals surface area contributed by atoms with Crippen molar-refractivity contribution in [3.63, 3.8) is 0 Å². The first-order valence-electron chi connectivity index (χ1n) is 9.22. The highest BCUT2D eigenvalue weighted by atomic mass is 35.5. The van der Waals surface area contributed by atoms with Gasteiger partial charge in [-0.25, -0.2) is 0 Å². The van der Waals surface area contributed by atoms with E-state index >= 15 is 0 Å². The number of rotatable bonds is 1. The van der Waals surface area contributed by atoms with E-state index in [4.69, 9.17) is 11.6 Å². The average molecular weight is 383 g/mol. The van der Waals surface area contributed by atoms with Crippen molar-refractivity contribution in [3.8, 4) is 16.8 Å². The summed E-state index contributed by atoms with van der Waals surface area (Å²) in [5.41, 5.74) is 7.06. The minimum absolute atomic E-state index is 0.0579. The first-order valence-corrected chi connectivity index (χ1v) is 9.60. The molecule has 2 aliphatic rings. The summed E-state index contributed by atoms with van der Waals surface area (Å²) >= 11 is 6.05. The third kappa shape index (κ3) is 2.02. The number of carbonyl (C=O) groups is 1. The fraction of sp³-hybridized carbons (Fsp3) is 0.0417. The van der Waals surface area contributed by atoms with Crippen LogP contribution in [0.2, 0.25) is 5.02 Å². The van der Waals surface area contributed by atoms with Gasteiger partial charge < -0.3 is 4.57 Å². The Kier molecular flexibility index (Phi) is 3.15. The molecule has 1 aromatic heterocycles. The molecule has 0 fully saturated rings. The maximum absolute atomic E-state index is 13.3. The molecule has 0 spiro atoms. The molecule has 1 unspecified atom stereocenters. The maximum Gasteiger partial charge on any atom is 0.259 e. The van der Waals surface area contributed by atoms with E-state index in [2.05, 4.69) is 41.1 Å². The summed E-state index contributed by atoms with van der Waals surface area (Å²) in [7, 11) is 0. The quantitative estimate of drug-likeness (QED) is 0.404. The molecular weight excluding hydrogens is 368 g/mol. The van der Waals surface area contributed by atoms with E-state index in [-0.39, 0.29) is 11.9 Å². The van der Waals surface area contributed by atoms with Gasteiger partial charge in [-0.1, -0.05) is 48.0 Å². The fourth-order valence-corrected chi connectivity index (χ4v) is 4.56. The Morgan fingerprint density at radius 2 is 1.57 bits per heavy atom. The van der Waals surface area contributed by atoms with Gasteiger partial charge in [-0.05, 0) is 59.2 Å². The number of carbonyl (C=O) groups excluding carboxylic acids is 1. The lowest BCUT2D eigenvalue weighted by atomic mass is 9.98. The van der Waals surface area contributed by atoms with E-state index in [1.165, 1.54) is 0 Å². The zero-order chi connectivity index (χ0) is 18.8. The van der Waals surface area contributed by atoms with E-state index in [0.717, 1.165) is 39.3 Å². The van der Waals surface area contributed by atoms with E-state index < -0.39 is 0 Å². The van der Waals surface area contributed by atoms with Crippen LogP contribution in [0.3, 0.4) is 0 Å². The predicted molar refractivity (Wildman–Crippen MR) is 111 cm³/mol. The molecule has 0 saturated carbocycles. The third-order valence-corrected chi connectivity index (χ3v) is 5.95. The van der Waals surface area contributed by atoms with Crippen LogP contribution in [0.25, 0.3) is 16.8 Å². The van der Waals surface area contributed by atoms with Crippen LogP contribution in [-0.4, -0.2) is 10.5 Å². The molecule has 0 radical (unpaired) electrons. The number of anilines is 1. The molecule has 28 heavy (non-hydrogen) atoms. The van der Waals surface area contributed by atoms with Crippen molar-refractivity contribution in [1.29, 1.82) is 0 Å². The lowest BCUT2D eigenvalue weighted by molar-refractivity contribution is 0.0992. The number of halogens is 1. The number of amides is 1. The SMILES string of the molecule is O=C1c2ccccc2C2c3cccn3-c3ccc(-c4ccc(Cl)cc4)cc3N12. The number of hydrogen-bond acceptors (Lipinski definition) is 1. The third-order valence-electron chi connectivity index (χ3n) is 5.70. The van der Waals surface area contributed by atoms with E-state index in [9.17, 15) is 4.79 Å². The van der Waals surface area contributed by atoms with Crippen LogP contribution in [0.4, 0.5) is 5.69 Å². The zero-order valence-corrected chi connectivity index (χ0v) is 15.6. The van der Waals surface area contributed by atoms with Gasteiger partial charge in [-0.15, -0.1) is 0 Å². The Morgan fingerprint density at radius 3 is 2.43 bits per heavy atom. The van der Waals surface area contributed by atoms with Crippen molar-refractivity contribution >= 4 is 23.2 Å². The van der Waals surface area contributed by atoms with Gasteiger partial charge in [-0.2, -0.15) is 0 Å². The predicted octanol–water partition coefficient (Wildman–Crippen LogP) is 5.86. The van der Waals surface area contributed by atoms with Gasteiger partial charge in [0.15, 0.2) is 0 Å². The highest BCUT2D eigenvalue weighted by Crippen LogP contribution is 2.48. The zero-order valence-electron chi connectivity index (χ0n) is 14.8. The molecule has 134 valence electrons. The molecule has 1 amide bonds. The van der Waals surface area contributed by atoms with Crippen LogP contribution in [-0.2, 0) is 0 Å². The second-order valence-corrected chi connectivity index (χ2v) is 7.61. The first kappa shape index (κ1) is 15.7. The van der Waals surface area contributed by atoms with Gasteiger partial charge in [0, 0.05) is 16.8 Å². The molecule has 3 nitrogen and oxygen atoms in total. The number of benzene rings is 3. The topological polar surface area (TPSA) is 25.2 Å². The van der Waals surface area contributed by atoms with Gasteiger partial charge in [0.25, 0.3) is 5.91 Å². The number of aromatic nitrogens is 1. The summed E-state index contributed by atoms with van der Waals surface area (Å²) in [4.78, 5) is 15.3. The van der Waals surface area contributed by atoms with Crippen molar-refractivity contribution in [2.24, 2.45) is 0 Å². The molecule has 1 atom stereocenters. The van der Waals surface area contributed by atoms with Crippen LogP contribution in [0.1, 0.15) is 27.7 Å². The minimum atomic E-state index is -0.0910. The molecule has 3 aromatic carbocycles. The second-order valence-electron chi connectivity index (χ2n) is 7.18. The Bertz CT molecular complexity index is 1260. The van der Waals surface area contributed by atoms with Crippen LogP contribution >= 0.6 is 11.6 Å². The summed E-state index contributed by atoms with van der Waals surface area (Å²) in [5, 5.41) is 0.712. The maximum atomic E-state index is 13.3. The second kappa shape index (κ2) is 5.60. The molecule has 0 aliphatic carbocycles. The molecule has 0 saturated heterocycles. The lowest BCUT2D eigenvalue weighted by Crippen LogP contribution is -2.33. The van der Waals surface area contributed by atoms with Crippen molar-refractivity contribution in [3.05, 3.63) is 107 Å². The highest BCUT2D eigenvalue weighted by Gasteiger charge is 2.43. The van der Waals surface area contributed by atoms with Crippen LogP contribution in [0.5, 0.6) is 0 Å². The van der Waals surface area contributed by atoms with Gasteiger partial charge >= 0.3 is 0 Å². The van der Waals surface area contributed by atoms with Crippen LogP contribution in [0, 0.1) is 0 Å². The van der Waals surface area contributed by atoms with Gasteiger partial charge in [0.05, 0.1) is 17.1 Å². The summed E-state index contributed by atoms with van der Waals surface area (Å²) in [6.45, 7) is 0. The Hall–Kier alpha value is -3.30. The number of nitrogens with zero attached hydrogens (tertiary/aromatic N) is 2. The van der Waals surface area contributed by atoms with E-state index in [0.29, 0.717) is 5.02 Å².